The van der Waals surface area contributed by atoms with E-state index in [9.17, 15) is 0 Å². The van der Waals surface area contributed by atoms with Crippen LogP contribution in [0.25, 0.3) is 20.2 Å². The van der Waals surface area contributed by atoms with E-state index in [0.29, 0.717) is 11.8 Å². The van der Waals surface area contributed by atoms with Gasteiger partial charge < -0.3 is 0 Å². The molecule has 2 unspecified atom stereocenters. The average molecular weight is 997 g/mol. The van der Waals surface area contributed by atoms with Crippen molar-refractivity contribution in [3.05, 3.63) is 12.1 Å². The SMILES string of the molecule is CCCCCCCCC(CCCCCC)COc1c2c[c]([Sn]([CH3])([CH3])[CH3])sc2c(OCC(CCCCCC)CCCCCCCC)c2c[c]([Sn]([CH3])([CH3])[CH3])sc12. The normalized spacial score (nSPS) is 13.7. The zero-order valence-corrected chi connectivity index (χ0v) is 44.7. The van der Waals surface area contributed by atoms with Crippen LogP contribution in [0.1, 0.15) is 182 Å². The summed E-state index contributed by atoms with van der Waals surface area (Å²) in [5.74, 6) is 3.68. The summed E-state index contributed by atoms with van der Waals surface area (Å²) in [5, 5.41) is 2.72. The summed E-state index contributed by atoms with van der Waals surface area (Å²) in [5.41, 5.74) is 0. The van der Waals surface area contributed by atoms with E-state index in [-0.39, 0.29) is 0 Å². The molecule has 54 heavy (non-hydrogen) atoms. The predicted octanol–water partition coefficient (Wildman–Crippen LogP) is 16.6. The van der Waals surface area contributed by atoms with Crippen LogP contribution in [0.5, 0.6) is 11.5 Å². The second-order valence-corrected chi connectivity index (χ2v) is 52.0. The summed E-state index contributed by atoms with van der Waals surface area (Å²) < 4.78 is 20.6. The van der Waals surface area contributed by atoms with E-state index in [1.54, 1.807) is 5.79 Å². The first kappa shape index (κ1) is 48.7. The number of fused-ring (bicyclic) bond motifs is 2. The molecular weight excluding hydrogens is 910 g/mol. The van der Waals surface area contributed by atoms with E-state index in [1.165, 1.54) is 186 Å². The Hall–Kier alpha value is 0.337. The van der Waals surface area contributed by atoms with Crippen LogP contribution in [0, 0.1) is 11.8 Å². The summed E-state index contributed by atoms with van der Waals surface area (Å²) in [6, 6.07) is 5.17. The maximum absolute atomic E-state index is 7.26. The van der Waals surface area contributed by atoms with E-state index in [1.807, 2.05) is 0 Å². The van der Waals surface area contributed by atoms with Gasteiger partial charge in [-0.05, 0) is 0 Å². The molecule has 0 spiro atoms. The van der Waals surface area contributed by atoms with Gasteiger partial charge in [-0.2, -0.15) is 0 Å². The van der Waals surface area contributed by atoms with Crippen LogP contribution in [0.4, 0.5) is 0 Å². The van der Waals surface area contributed by atoms with Crippen molar-refractivity contribution in [1.82, 2.24) is 0 Å². The van der Waals surface area contributed by atoms with Crippen molar-refractivity contribution in [2.24, 2.45) is 11.8 Å². The van der Waals surface area contributed by atoms with Crippen LogP contribution in [-0.2, 0) is 0 Å². The van der Waals surface area contributed by atoms with Gasteiger partial charge in [0, 0.05) is 0 Å². The molecule has 1 aromatic carbocycles. The van der Waals surface area contributed by atoms with Crippen molar-refractivity contribution in [2.45, 2.75) is 211 Å². The molecule has 2 heterocycles. The molecule has 0 aliphatic rings. The molecule has 310 valence electrons. The van der Waals surface area contributed by atoms with Crippen molar-refractivity contribution in [1.29, 1.82) is 0 Å². The first-order valence-electron chi connectivity index (χ1n) is 23.2. The topological polar surface area (TPSA) is 18.5 Å². The Morgan fingerprint density at radius 2 is 0.704 bits per heavy atom. The Morgan fingerprint density at radius 3 is 1.00 bits per heavy atom. The van der Waals surface area contributed by atoms with Gasteiger partial charge in [0.1, 0.15) is 0 Å². The minimum atomic E-state index is -2.37. The third kappa shape index (κ3) is 16.9. The van der Waals surface area contributed by atoms with Gasteiger partial charge in [-0.15, -0.1) is 0 Å². The molecule has 0 aliphatic heterocycles. The fourth-order valence-corrected chi connectivity index (χ4v) is 20.6. The van der Waals surface area contributed by atoms with Crippen LogP contribution in [0.15, 0.2) is 12.1 Å². The van der Waals surface area contributed by atoms with Crippen LogP contribution >= 0.6 is 22.7 Å². The molecule has 0 amide bonds. The zero-order chi connectivity index (χ0) is 39.4. The molecule has 0 radical (unpaired) electrons. The molecule has 0 N–H and O–H groups in total. The van der Waals surface area contributed by atoms with Crippen molar-refractivity contribution in [3.63, 3.8) is 0 Å². The summed E-state index contributed by atoms with van der Waals surface area (Å²) in [6.45, 7) is 11.0. The van der Waals surface area contributed by atoms with Crippen molar-refractivity contribution < 1.29 is 9.47 Å². The van der Waals surface area contributed by atoms with Gasteiger partial charge in [-0.1, -0.05) is 53.4 Å². The minimum absolute atomic E-state index is 0.644. The Labute approximate surface area is 351 Å². The molecule has 2 atom stereocenters. The number of thiophene rings is 2. The van der Waals surface area contributed by atoms with Crippen LogP contribution in [0.2, 0.25) is 29.6 Å². The fourth-order valence-electron chi connectivity index (χ4n) is 7.90. The molecule has 2 aromatic heterocycles. The number of unbranched alkanes of at least 4 members (excludes halogenated alkanes) is 16. The quantitative estimate of drug-likeness (QED) is 0.0458. The van der Waals surface area contributed by atoms with Gasteiger partial charge in [0.25, 0.3) is 0 Å². The Balaban J connectivity index is 1.99. The number of ether oxygens (including phenoxy) is 2. The second-order valence-electron chi connectivity index (χ2n) is 19.0. The van der Waals surface area contributed by atoms with E-state index in [2.05, 4.69) is 92.1 Å². The van der Waals surface area contributed by atoms with Crippen LogP contribution in [-0.4, -0.2) is 50.0 Å². The van der Waals surface area contributed by atoms with Gasteiger partial charge in [-0.25, -0.2) is 0 Å². The maximum atomic E-state index is 7.26. The van der Waals surface area contributed by atoms with Gasteiger partial charge in [-0.3, -0.25) is 0 Å². The van der Waals surface area contributed by atoms with Crippen molar-refractivity contribution in [3.8, 4) is 11.5 Å². The number of rotatable bonds is 32. The number of hydrogen-bond donors (Lipinski definition) is 0. The van der Waals surface area contributed by atoms with E-state index >= 15 is 0 Å². The Bertz CT molecular complexity index is 1270. The zero-order valence-electron chi connectivity index (χ0n) is 37.3. The van der Waals surface area contributed by atoms with Crippen molar-refractivity contribution >= 4 is 85.4 Å². The molecule has 0 aliphatic carbocycles. The van der Waals surface area contributed by atoms with E-state index < -0.39 is 36.8 Å². The molecule has 0 saturated heterocycles. The fraction of sp³-hybridized carbons (Fsp3) is 0.792. The number of benzene rings is 1. The number of hydrogen-bond acceptors (Lipinski definition) is 4. The van der Waals surface area contributed by atoms with Crippen molar-refractivity contribution in [2.75, 3.05) is 13.2 Å². The van der Waals surface area contributed by atoms with Crippen LogP contribution < -0.4 is 15.3 Å². The first-order chi connectivity index (χ1) is 25.9. The predicted molar refractivity (Wildman–Crippen MR) is 255 cm³/mol. The van der Waals surface area contributed by atoms with Gasteiger partial charge in [0.15, 0.2) is 0 Å². The molecule has 6 heteroatoms. The van der Waals surface area contributed by atoms with E-state index in [4.69, 9.17) is 9.47 Å². The van der Waals surface area contributed by atoms with Gasteiger partial charge in [0.2, 0.25) is 0 Å². The third-order valence-electron chi connectivity index (χ3n) is 11.6. The molecule has 3 aromatic rings. The molecule has 3 rings (SSSR count). The average Bonchev–Trinajstić information content (AvgIpc) is 3.78. The second kappa shape index (κ2) is 26.4. The standard InChI is InChI=1S/C42H68O2S2.6CH3.2Sn/c1-5-9-13-17-19-23-27-35(25-21-15-11-7-3)33-43-39-37-29-31-46-42(37)40(38-30-32-45-41(38)39)44-34-36(26-22-16-12-8-4)28-24-20-18-14-10-6-2;;;;;;;;/h29-30,35-36H,5-28,33-34H2,1-4H3;6*1H3;;. The summed E-state index contributed by atoms with van der Waals surface area (Å²) in [7, 11) is 0. The molecule has 0 saturated carbocycles. The Morgan fingerprint density at radius 1 is 0.426 bits per heavy atom. The summed E-state index contributed by atoms with van der Waals surface area (Å²) in [6.07, 6.45) is 32.5. The monoisotopic (exact) mass is 998 g/mol. The van der Waals surface area contributed by atoms with Gasteiger partial charge >= 0.3 is 302 Å². The molecule has 0 fully saturated rings. The third-order valence-corrected chi connectivity index (χ3v) is 32.8. The van der Waals surface area contributed by atoms with E-state index in [0.717, 1.165) is 13.2 Å². The summed E-state index contributed by atoms with van der Waals surface area (Å²) >= 11 is -0.606. The summed E-state index contributed by atoms with van der Waals surface area (Å²) in [4.78, 5) is 15.5. The molecule has 0 bridgehead atoms. The van der Waals surface area contributed by atoms with Crippen LogP contribution in [0.3, 0.4) is 0 Å². The first-order valence-corrected chi connectivity index (χ1v) is 44.8. The molecule has 2 nitrogen and oxygen atoms in total. The van der Waals surface area contributed by atoms with Gasteiger partial charge in [0.05, 0.1) is 0 Å². The Kier molecular flexibility index (Phi) is 23.8. The molecular formula is C48H86O2S2Sn2.